The van der Waals surface area contributed by atoms with Crippen molar-refractivity contribution in [3.8, 4) is 16.8 Å². The number of ether oxygens (including phenoxy) is 1. The van der Waals surface area contributed by atoms with Gasteiger partial charge in [0.25, 0.3) is 0 Å². The van der Waals surface area contributed by atoms with Crippen molar-refractivity contribution in [3.63, 3.8) is 0 Å². The van der Waals surface area contributed by atoms with Gasteiger partial charge in [-0.2, -0.15) is 14.9 Å². The smallest absolute Gasteiger partial charge is 0.411 e. The van der Waals surface area contributed by atoms with E-state index in [1.807, 2.05) is 48.5 Å². The summed E-state index contributed by atoms with van der Waals surface area (Å²) in [6, 6.07) is 23.8. The molecule has 1 aliphatic heterocycles. The van der Waals surface area contributed by atoms with Crippen LogP contribution in [0.5, 0.6) is 0 Å². The Morgan fingerprint density at radius 2 is 1.84 bits per heavy atom. The lowest BCUT2D eigenvalue weighted by Crippen LogP contribution is -2.49. The molecule has 45 heavy (non-hydrogen) atoms. The highest BCUT2D eigenvalue weighted by Gasteiger charge is 2.21. The lowest BCUT2D eigenvalue weighted by Gasteiger charge is -2.26. The number of nitrogens with zero attached hydrogens (tertiary/aromatic N) is 6. The molecule has 0 unspecified atom stereocenters. The van der Waals surface area contributed by atoms with Crippen molar-refractivity contribution in [2.75, 3.05) is 18.4 Å². The molecule has 226 valence electrons. The largest absolute Gasteiger partial charge is 0.443 e. The SMILES string of the molecule is O=C(/C=C/c1cc(Cl)ccc1-n1cnnn1)N[C@@H](Cc1ccccc1)c1cc(-c2ccc(NC(=O)OC3CNC3)cc2)cnn1. The van der Waals surface area contributed by atoms with Crippen molar-refractivity contribution in [3.05, 3.63) is 119 Å². The Balaban J connectivity index is 1.20. The number of hydrogen-bond donors (Lipinski definition) is 3. The van der Waals surface area contributed by atoms with Crippen molar-refractivity contribution in [2.24, 2.45) is 0 Å². The van der Waals surface area contributed by atoms with Crippen molar-refractivity contribution in [2.45, 2.75) is 18.6 Å². The molecule has 3 heterocycles. The van der Waals surface area contributed by atoms with Gasteiger partial charge in [-0.25, -0.2) is 4.79 Å². The minimum atomic E-state index is -0.488. The summed E-state index contributed by atoms with van der Waals surface area (Å²) in [7, 11) is 0. The zero-order valence-corrected chi connectivity index (χ0v) is 24.6. The Morgan fingerprint density at radius 3 is 2.58 bits per heavy atom. The number of amides is 2. The molecule has 2 amide bonds. The van der Waals surface area contributed by atoms with E-state index in [1.54, 1.807) is 42.6 Å². The van der Waals surface area contributed by atoms with Gasteiger partial charge in [0, 0.05) is 41.0 Å². The third-order valence-electron chi connectivity index (χ3n) is 7.11. The second kappa shape index (κ2) is 13.9. The van der Waals surface area contributed by atoms with Crippen molar-refractivity contribution >= 4 is 35.4 Å². The van der Waals surface area contributed by atoms with Crippen LogP contribution in [0.25, 0.3) is 22.9 Å². The molecule has 1 atom stereocenters. The molecule has 1 saturated heterocycles. The van der Waals surface area contributed by atoms with Gasteiger partial charge in [0.1, 0.15) is 12.4 Å². The van der Waals surface area contributed by atoms with E-state index < -0.39 is 12.1 Å². The van der Waals surface area contributed by atoms with Crippen LogP contribution >= 0.6 is 11.6 Å². The molecule has 0 spiro atoms. The average molecular weight is 622 g/mol. The molecule has 0 bridgehead atoms. The fourth-order valence-corrected chi connectivity index (χ4v) is 4.89. The van der Waals surface area contributed by atoms with Crippen LogP contribution in [0.1, 0.15) is 22.9 Å². The monoisotopic (exact) mass is 621 g/mol. The highest BCUT2D eigenvalue weighted by Crippen LogP contribution is 2.25. The number of nitrogens with one attached hydrogen (secondary N) is 3. The third kappa shape index (κ3) is 7.74. The van der Waals surface area contributed by atoms with Crippen LogP contribution in [-0.4, -0.2) is 61.6 Å². The summed E-state index contributed by atoms with van der Waals surface area (Å²) in [6.07, 6.45) is 6.13. The molecule has 0 saturated carbocycles. The summed E-state index contributed by atoms with van der Waals surface area (Å²) >= 11 is 6.23. The molecule has 1 fully saturated rings. The van der Waals surface area contributed by atoms with E-state index in [2.05, 4.69) is 41.7 Å². The minimum absolute atomic E-state index is 0.100. The molecule has 2 aromatic heterocycles. The molecule has 1 aliphatic rings. The fraction of sp³-hybridized carbons (Fsp3) is 0.156. The number of anilines is 1. The molecule has 6 rings (SSSR count). The minimum Gasteiger partial charge on any atom is -0.443 e. The predicted octanol–water partition coefficient (Wildman–Crippen LogP) is 4.41. The Morgan fingerprint density at radius 1 is 1.02 bits per heavy atom. The van der Waals surface area contributed by atoms with E-state index in [0.717, 1.165) is 16.7 Å². The molecule has 0 radical (unpaired) electrons. The van der Waals surface area contributed by atoms with Crippen LogP contribution in [-0.2, 0) is 16.0 Å². The maximum Gasteiger partial charge on any atom is 0.411 e. The van der Waals surface area contributed by atoms with E-state index in [1.165, 1.54) is 17.1 Å². The van der Waals surface area contributed by atoms with E-state index in [0.29, 0.717) is 47.2 Å². The summed E-state index contributed by atoms with van der Waals surface area (Å²) in [5.41, 5.74) is 5.24. The summed E-state index contributed by atoms with van der Waals surface area (Å²) in [4.78, 5) is 25.4. The number of benzene rings is 3. The van der Waals surface area contributed by atoms with Gasteiger partial charge in [0.2, 0.25) is 5.91 Å². The normalized spacial score (nSPS) is 13.6. The summed E-state index contributed by atoms with van der Waals surface area (Å²) in [5.74, 6) is -0.328. The van der Waals surface area contributed by atoms with Gasteiger partial charge in [-0.1, -0.05) is 54.1 Å². The third-order valence-corrected chi connectivity index (χ3v) is 7.35. The Labute approximate surface area is 263 Å². The molecule has 0 aliphatic carbocycles. The van der Waals surface area contributed by atoms with Crippen molar-refractivity contribution in [1.82, 2.24) is 41.0 Å². The van der Waals surface area contributed by atoms with Crippen LogP contribution in [0.3, 0.4) is 0 Å². The zero-order chi connectivity index (χ0) is 31.0. The first kappa shape index (κ1) is 29.6. The first-order chi connectivity index (χ1) is 22.0. The van der Waals surface area contributed by atoms with Crippen molar-refractivity contribution < 1.29 is 14.3 Å². The summed E-state index contributed by atoms with van der Waals surface area (Å²) in [6.45, 7) is 1.33. The first-order valence-corrected chi connectivity index (χ1v) is 14.5. The van der Waals surface area contributed by atoms with Crippen molar-refractivity contribution in [1.29, 1.82) is 0 Å². The lowest BCUT2D eigenvalue weighted by molar-refractivity contribution is -0.117. The molecule has 3 N–H and O–H groups in total. The van der Waals surface area contributed by atoms with Gasteiger partial charge in [0.15, 0.2) is 0 Å². The van der Waals surface area contributed by atoms with Crippen LogP contribution in [0.2, 0.25) is 5.02 Å². The summed E-state index contributed by atoms with van der Waals surface area (Å²) in [5, 5.41) is 29.3. The molecule has 3 aromatic carbocycles. The number of tetrazole rings is 1. The fourth-order valence-electron chi connectivity index (χ4n) is 4.71. The molecule has 5 aromatic rings. The van der Waals surface area contributed by atoms with E-state index in [-0.39, 0.29) is 12.0 Å². The lowest BCUT2D eigenvalue weighted by atomic mass is 10.00. The van der Waals surface area contributed by atoms with Crippen LogP contribution < -0.4 is 16.0 Å². The van der Waals surface area contributed by atoms with Gasteiger partial charge in [-0.15, -0.1) is 5.10 Å². The summed E-state index contributed by atoms with van der Waals surface area (Å²) < 4.78 is 6.81. The van der Waals surface area contributed by atoms with E-state index >= 15 is 0 Å². The molecule has 12 nitrogen and oxygen atoms in total. The number of carbonyl (C=O) groups excluding carboxylic acids is 2. The Kier molecular flexibility index (Phi) is 9.14. The quantitative estimate of drug-likeness (QED) is 0.193. The van der Waals surface area contributed by atoms with Gasteiger partial charge >= 0.3 is 6.09 Å². The van der Waals surface area contributed by atoms with Gasteiger partial charge in [-0.3, -0.25) is 10.1 Å². The number of hydrogen-bond acceptors (Lipinski definition) is 9. The standard InChI is InChI=1S/C32H28ClN9O3/c33-25-9-12-30(42-20-36-40-41-42)23(15-25)8-13-31(43)38-28(14-21-4-2-1-3-5-21)29-16-24(17-35-39-29)22-6-10-26(11-7-22)37-32(44)45-27-18-34-19-27/h1-13,15-17,20,27-28,34H,14,18-19H2,(H,37,44)(H,38,43)/b13-8+/t28-/m0/s1. The van der Waals surface area contributed by atoms with E-state index in [4.69, 9.17) is 16.3 Å². The van der Waals surface area contributed by atoms with Gasteiger partial charge in [0.05, 0.1) is 23.6 Å². The number of halogens is 1. The number of aromatic nitrogens is 6. The average Bonchev–Trinajstić information content (AvgIpc) is 3.57. The first-order valence-electron chi connectivity index (χ1n) is 14.2. The maximum absolute atomic E-state index is 13.3. The van der Waals surface area contributed by atoms with Crippen LogP contribution in [0.15, 0.2) is 97.5 Å². The Hall–Kier alpha value is -5.46. The maximum atomic E-state index is 13.3. The second-order valence-electron chi connectivity index (χ2n) is 10.3. The highest BCUT2D eigenvalue weighted by molar-refractivity contribution is 6.30. The number of carbonyl (C=O) groups is 2. The highest BCUT2D eigenvalue weighted by atomic mass is 35.5. The van der Waals surface area contributed by atoms with Crippen LogP contribution in [0, 0.1) is 0 Å². The molecular formula is C32H28ClN9O3. The molecular weight excluding hydrogens is 594 g/mol. The van der Waals surface area contributed by atoms with Gasteiger partial charge < -0.3 is 15.4 Å². The molecule has 13 heteroatoms. The topological polar surface area (TPSA) is 149 Å². The number of rotatable bonds is 10. The predicted molar refractivity (Wildman–Crippen MR) is 168 cm³/mol. The second-order valence-corrected chi connectivity index (χ2v) is 10.7. The zero-order valence-electron chi connectivity index (χ0n) is 23.9. The van der Waals surface area contributed by atoms with Crippen LogP contribution in [0.4, 0.5) is 10.5 Å². The Bertz CT molecular complexity index is 1790. The van der Waals surface area contributed by atoms with E-state index in [9.17, 15) is 9.59 Å². The van der Waals surface area contributed by atoms with Gasteiger partial charge in [-0.05, 0) is 70.4 Å².